The number of urea groups is 1. The van der Waals surface area contributed by atoms with Crippen LogP contribution >= 0.6 is 0 Å². The van der Waals surface area contributed by atoms with E-state index in [4.69, 9.17) is 9.84 Å². The highest BCUT2D eigenvalue weighted by Gasteiger charge is 2.25. The predicted octanol–water partition coefficient (Wildman–Crippen LogP) is 1.92. The summed E-state index contributed by atoms with van der Waals surface area (Å²) in [4.78, 5) is 22.9. The van der Waals surface area contributed by atoms with E-state index in [0.717, 1.165) is 17.7 Å². The molecule has 1 aliphatic heterocycles. The number of para-hydroxylation sites is 1. The molecular weight excluding hydrogens is 272 g/mol. The molecule has 2 amide bonds. The quantitative estimate of drug-likeness (QED) is 0.747. The summed E-state index contributed by atoms with van der Waals surface area (Å²) in [7, 11) is 0. The van der Waals surface area contributed by atoms with Crippen LogP contribution in [-0.4, -0.2) is 30.3 Å². The maximum atomic E-state index is 11.9. The Balaban J connectivity index is 1.84. The van der Waals surface area contributed by atoms with Crippen molar-refractivity contribution in [2.75, 3.05) is 13.2 Å². The number of benzene rings is 1. The lowest BCUT2D eigenvalue weighted by Gasteiger charge is -2.15. The number of amides is 2. The van der Waals surface area contributed by atoms with E-state index < -0.39 is 11.9 Å². The highest BCUT2D eigenvalue weighted by molar-refractivity contribution is 5.76. The lowest BCUT2D eigenvalue weighted by Crippen LogP contribution is -2.41. The predicted molar refractivity (Wildman–Crippen MR) is 77.2 cm³/mol. The SMILES string of the molecule is CCCC(CNC(=O)NC1COc2ccccc21)C(=O)O. The molecule has 0 saturated carbocycles. The van der Waals surface area contributed by atoms with Crippen molar-refractivity contribution < 1.29 is 19.4 Å². The summed E-state index contributed by atoms with van der Waals surface area (Å²) >= 11 is 0. The summed E-state index contributed by atoms with van der Waals surface area (Å²) in [5.41, 5.74) is 0.941. The van der Waals surface area contributed by atoms with Gasteiger partial charge in [0.25, 0.3) is 0 Å². The van der Waals surface area contributed by atoms with E-state index in [-0.39, 0.29) is 18.6 Å². The number of fused-ring (bicyclic) bond motifs is 1. The van der Waals surface area contributed by atoms with Gasteiger partial charge in [-0.15, -0.1) is 0 Å². The second-order valence-electron chi connectivity index (χ2n) is 5.08. The van der Waals surface area contributed by atoms with Crippen molar-refractivity contribution in [1.29, 1.82) is 0 Å². The molecule has 114 valence electrons. The zero-order valence-corrected chi connectivity index (χ0v) is 12.0. The number of rotatable bonds is 6. The topological polar surface area (TPSA) is 87.7 Å². The standard InChI is InChI=1S/C15H20N2O4/c1-2-5-10(14(18)19)8-16-15(20)17-12-9-21-13-7-4-3-6-11(12)13/h3-4,6-7,10,12H,2,5,8-9H2,1H3,(H,18,19)(H2,16,17,20). The van der Waals surface area contributed by atoms with Crippen molar-refractivity contribution in [2.24, 2.45) is 5.92 Å². The summed E-state index contributed by atoms with van der Waals surface area (Å²) < 4.78 is 5.48. The molecule has 2 rings (SSSR count). The van der Waals surface area contributed by atoms with Gasteiger partial charge >= 0.3 is 12.0 Å². The van der Waals surface area contributed by atoms with Crippen LogP contribution < -0.4 is 15.4 Å². The van der Waals surface area contributed by atoms with Crippen molar-refractivity contribution >= 4 is 12.0 Å². The number of hydrogen-bond donors (Lipinski definition) is 3. The number of ether oxygens (including phenoxy) is 1. The van der Waals surface area contributed by atoms with E-state index in [1.165, 1.54) is 0 Å². The summed E-state index contributed by atoms with van der Waals surface area (Å²) in [5, 5.41) is 14.5. The number of aliphatic carboxylic acids is 1. The lowest BCUT2D eigenvalue weighted by molar-refractivity contribution is -0.141. The van der Waals surface area contributed by atoms with Gasteiger partial charge in [0.05, 0.1) is 12.0 Å². The maximum absolute atomic E-state index is 11.9. The molecule has 1 heterocycles. The third-order valence-electron chi connectivity index (χ3n) is 3.50. The molecule has 0 spiro atoms. The Hall–Kier alpha value is -2.24. The van der Waals surface area contributed by atoms with Crippen molar-refractivity contribution in [3.63, 3.8) is 0 Å². The molecule has 0 aliphatic carbocycles. The van der Waals surface area contributed by atoms with Crippen LogP contribution in [0.3, 0.4) is 0 Å². The minimum atomic E-state index is -0.883. The van der Waals surface area contributed by atoms with Gasteiger partial charge in [0.2, 0.25) is 0 Å². The molecule has 1 aliphatic rings. The van der Waals surface area contributed by atoms with Gasteiger partial charge in [0.15, 0.2) is 0 Å². The third-order valence-corrected chi connectivity index (χ3v) is 3.50. The summed E-state index contributed by atoms with van der Waals surface area (Å²) in [6, 6.07) is 6.96. The van der Waals surface area contributed by atoms with Gasteiger partial charge in [-0.3, -0.25) is 4.79 Å². The number of carboxylic acids is 1. The highest BCUT2D eigenvalue weighted by atomic mass is 16.5. The second-order valence-corrected chi connectivity index (χ2v) is 5.08. The minimum Gasteiger partial charge on any atom is -0.491 e. The monoisotopic (exact) mass is 292 g/mol. The first-order valence-corrected chi connectivity index (χ1v) is 7.10. The average Bonchev–Trinajstić information content (AvgIpc) is 2.86. The van der Waals surface area contributed by atoms with Gasteiger partial charge < -0.3 is 20.5 Å². The number of hydrogen-bond acceptors (Lipinski definition) is 3. The molecule has 1 aromatic carbocycles. The fraction of sp³-hybridized carbons (Fsp3) is 0.467. The van der Waals surface area contributed by atoms with E-state index in [9.17, 15) is 9.59 Å². The Kier molecular flexibility index (Phi) is 5.03. The Morgan fingerprint density at radius 1 is 1.43 bits per heavy atom. The first-order chi connectivity index (χ1) is 10.1. The van der Waals surface area contributed by atoms with Gasteiger partial charge in [-0.1, -0.05) is 31.5 Å². The van der Waals surface area contributed by atoms with Crippen LogP contribution in [0, 0.1) is 5.92 Å². The highest BCUT2D eigenvalue weighted by Crippen LogP contribution is 2.31. The van der Waals surface area contributed by atoms with Crippen LogP contribution in [0.15, 0.2) is 24.3 Å². The Morgan fingerprint density at radius 3 is 2.90 bits per heavy atom. The van der Waals surface area contributed by atoms with Crippen molar-refractivity contribution in [1.82, 2.24) is 10.6 Å². The van der Waals surface area contributed by atoms with E-state index in [2.05, 4.69) is 10.6 Å². The number of carbonyl (C=O) groups is 2. The minimum absolute atomic E-state index is 0.129. The number of carboxylic acid groups (broad SMARTS) is 1. The molecule has 6 nitrogen and oxygen atoms in total. The van der Waals surface area contributed by atoms with Gasteiger partial charge in [0.1, 0.15) is 12.4 Å². The summed E-state index contributed by atoms with van der Waals surface area (Å²) in [5.74, 6) is -0.656. The molecule has 2 atom stereocenters. The van der Waals surface area contributed by atoms with Crippen molar-refractivity contribution in [3.8, 4) is 5.75 Å². The molecule has 0 saturated heterocycles. The molecular formula is C15H20N2O4. The van der Waals surface area contributed by atoms with Crippen molar-refractivity contribution in [3.05, 3.63) is 29.8 Å². The average molecular weight is 292 g/mol. The Labute approximate surface area is 123 Å². The van der Waals surface area contributed by atoms with E-state index in [0.29, 0.717) is 13.0 Å². The normalized spacial score (nSPS) is 17.5. The van der Waals surface area contributed by atoms with Crippen LogP contribution in [0.2, 0.25) is 0 Å². The number of nitrogens with one attached hydrogen (secondary N) is 2. The Morgan fingerprint density at radius 2 is 2.19 bits per heavy atom. The first-order valence-electron chi connectivity index (χ1n) is 7.10. The Bertz CT molecular complexity index is 518. The zero-order chi connectivity index (χ0) is 15.2. The third kappa shape index (κ3) is 3.87. The fourth-order valence-electron chi connectivity index (χ4n) is 2.37. The van der Waals surface area contributed by atoms with Crippen LogP contribution in [-0.2, 0) is 4.79 Å². The fourth-order valence-corrected chi connectivity index (χ4v) is 2.37. The van der Waals surface area contributed by atoms with Gasteiger partial charge in [-0.25, -0.2) is 4.79 Å². The van der Waals surface area contributed by atoms with E-state index in [1.807, 2.05) is 31.2 Å². The van der Waals surface area contributed by atoms with Crippen LogP contribution in [0.1, 0.15) is 31.4 Å². The number of carbonyl (C=O) groups excluding carboxylic acids is 1. The van der Waals surface area contributed by atoms with E-state index in [1.54, 1.807) is 0 Å². The van der Waals surface area contributed by atoms with Gasteiger partial charge in [-0.05, 0) is 12.5 Å². The maximum Gasteiger partial charge on any atom is 0.315 e. The second kappa shape index (κ2) is 6.97. The molecule has 1 aromatic rings. The zero-order valence-electron chi connectivity index (χ0n) is 12.0. The van der Waals surface area contributed by atoms with Crippen LogP contribution in [0.5, 0.6) is 5.75 Å². The first kappa shape index (κ1) is 15.2. The molecule has 0 aromatic heterocycles. The van der Waals surface area contributed by atoms with Gasteiger partial charge in [0, 0.05) is 12.1 Å². The smallest absolute Gasteiger partial charge is 0.315 e. The summed E-state index contributed by atoms with van der Waals surface area (Å²) in [6.45, 7) is 2.44. The van der Waals surface area contributed by atoms with Crippen LogP contribution in [0.4, 0.5) is 4.79 Å². The van der Waals surface area contributed by atoms with E-state index >= 15 is 0 Å². The molecule has 6 heteroatoms. The molecule has 21 heavy (non-hydrogen) atoms. The van der Waals surface area contributed by atoms with Crippen LogP contribution in [0.25, 0.3) is 0 Å². The lowest BCUT2D eigenvalue weighted by atomic mass is 10.0. The molecule has 2 unspecified atom stereocenters. The molecule has 0 bridgehead atoms. The summed E-state index contributed by atoms with van der Waals surface area (Å²) in [6.07, 6.45) is 1.31. The largest absolute Gasteiger partial charge is 0.491 e. The van der Waals surface area contributed by atoms with Crippen molar-refractivity contribution in [2.45, 2.75) is 25.8 Å². The van der Waals surface area contributed by atoms with Gasteiger partial charge in [-0.2, -0.15) is 0 Å². The molecule has 0 radical (unpaired) electrons. The molecule has 3 N–H and O–H groups in total. The molecule has 0 fully saturated rings.